The Hall–Kier alpha value is -2.44. The van der Waals surface area contributed by atoms with Crippen LogP contribution >= 0.6 is 23.2 Å². The molecule has 1 aromatic heterocycles. The van der Waals surface area contributed by atoms with Crippen LogP contribution in [0.4, 0.5) is 14.6 Å². The Morgan fingerprint density at radius 3 is 2.60 bits per heavy atom. The van der Waals surface area contributed by atoms with E-state index in [2.05, 4.69) is 10.4 Å². The van der Waals surface area contributed by atoms with E-state index in [4.69, 9.17) is 23.2 Å². The lowest BCUT2D eigenvalue weighted by Crippen LogP contribution is -2.16. The van der Waals surface area contributed by atoms with Gasteiger partial charge in [-0.15, -0.1) is 0 Å². The van der Waals surface area contributed by atoms with E-state index in [1.165, 1.54) is 16.9 Å². The van der Waals surface area contributed by atoms with Crippen LogP contribution in [0.5, 0.6) is 0 Å². The zero-order valence-corrected chi connectivity index (χ0v) is 14.2. The van der Waals surface area contributed by atoms with Gasteiger partial charge in [0, 0.05) is 21.7 Å². The number of hydrogen-bond acceptors (Lipinski definition) is 2. The molecule has 0 unspecified atom stereocenters. The third-order valence-corrected chi connectivity index (χ3v) is 4.06. The minimum Gasteiger partial charge on any atom is -0.307 e. The maximum absolute atomic E-state index is 13.3. The fourth-order valence-electron chi connectivity index (χ4n) is 2.20. The highest BCUT2D eigenvalue weighted by atomic mass is 35.5. The topological polar surface area (TPSA) is 46.9 Å². The van der Waals surface area contributed by atoms with Crippen LogP contribution < -0.4 is 5.32 Å². The van der Waals surface area contributed by atoms with Gasteiger partial charge in [-0.2, -0.15) is 5.10 Å². The first-order valence-corrected chi connectivity index (χ1v) is 7.92. The second-order valence-electron chi connectivity index (χ2n) is 5.19. The van der Waals surface area contributed by atoms with Crippen LogP contribution in [0.1, 0.15) is 15.9 Å². The molecule has 25 heavy (non-hydrogen) atoms. The Bertz CT molecular complexity index is 943. The van der Waals surface area contributed by atoms with Crippen molar-refractivity contribution < 1.29 is 13.6 Å². The second kappa shape index (κ2) is 7.21. The first-order chi connectivity index (χ1) is 11.9. The van der Waals surface area contributed by atoms with E-state index < -0.39 is 17.5 Å². The molecule has 0 aliphatic rings. The number of nitrogens with zero attached hydrogens (tertiary/aromatic N) is 2. The molecule has 0 atom stereocenters. The van der Waals surface area contributed by atoms with Crippen LogP contribution in [-0.4, -0.2) is 15.7 Å². The van der Waals surface area contributed by atoms with Crippen molar-refractivity contribution in [1.29, 1.82) is 0 Å². The van der Waals surface area contributed by atoms with Gasteiger partial charge < -0.3 is 5.32 Å². The molecule has 0 bridgehead atoms. The molecular weight excluding hydrogens is 371 g/mol. The van der Waals surface area contributed by atoms with E-state index in [9.17, 15) is 13.6 Å². The Morgan fingerprint density at radius 2 is 1.88 bits per heavy atom. The Balaban J connectivity index is 1.79. The number of benzene rings is 2. The molecule has 0 aliphatic carbocycles. The zero-order valence-electron chi connectivity index (χ0n) is 12.6. The smallest absolute Gasteiger partial charge is 0.256 e. The summed E-state index contributed by atoms with van der Waals surface area (Å²) in [5.41, 5.74) is 0.759. The molecule has 8 heteroatoms. The second-order valence-corrected chi connectivity index (χ2v) is 6.04. The first kappa shape index (κ1) is 17.4. The molecule has 128 valence electrons. The van der Waals surface area contributed by atoms with Gasteiger partial charge in [0.2, 0.25) is 0 Å². The van der Waals surface area contributed by atoms with Gasteiger partial charge in [0.15, 0.2) is 11.6 Å². The minimum atomic E-state index is -1.09. The number of aromatic nitrogens is 2. The number of carbonyl (C=O) groups is 1. The average molecular weight is 382 g/mol. The lowest BCUT2D eigenvalue weighted by molar-refractivity contribution is 0.102. The molecule has 1 amide bonds. The van der Waals surface area contributed by atoms with Crippen LogP contribution in [0.25, 0.3) is 0 Å². The summed E-state index contributed by atoms with van der Waals surface area (Å²) in [5.74, 6) is -2.29. The summed E-state index contributed by atoms with van der Waals surface area (Å²) >= 11 is 12.0. The van der Waals surface area contributed by atoms with Crippen LogP contribution in [0.3, 0.4) is 0 Å². The highest BCUT2D eigenvalue weighted by molar-refractivity contribution is 6.35. The Morgan fingerprint density at radius 1 is 1.08 bits per heavy atom. The third-order valence-electron chi connectivity index (χ3n) is 3.48. The first-order valence-electron chi connectivity index (χ1n) is 7.16. The van der Waals surface area contributed by atoms with Gasteiger partial charge in [0.05, 0.1) is 12.7 Å². The predicted octanol–water partition coefficient (Wildman–Crippen LogP) is 4.77. The predicted molar refractivity (Wildman–Crippen MR) is 92.1 cm³/mol. The van der Waals surface area contributed by atoms with Crippen molar-refractivity contribution in [1.82, 2.24) is 9.78 Å². The summed E-state index contributed by atoms with van der Waals surface area (Å²) in [7, 11) is 0. The molecular formula is C17H11Cl2F2N3O. The van der Waals surface area contributed by atoms with Crippen LogP contribution in [0.15, 0.2) is 48.7 Å². The average Bonchev–Trinajstić information content (AvgIpc) is 2.99. The molecule has 0 spiro atoms. The highest BCUT2D eigenvalue weighted by Gasteiger charge is 2.13. The fourth-order valence-corrected chi connectivity index (χ4v) is 2.67. The fraction of sp³-hybridized carbons (Fsp3) is 0.0588. The monoisotopic (exact) mass is 381 g/mol. The van der Waals surface area contributed by atoms with E-state index in [1.807, 2.05) is 0 Å². The van der Waals surface area contributed by atoms with E-state index in [-0.39, 0.29) is 5.56 Å². The number of amides is 1. The summed E-state index contributed by atoms with van der Waals surface area (Å²) in [4.78, 5) is 12.2. The maximum atomic E-state index is 13.3. The van der Waals surface area contributed by atoms with Crippen LogP contribution in [-0.2, 0) is 6.54 Å². The quantitative estimate of drug-likeness (QED) is 0.707. The largest absolute Gasteiger partial charge is 0.307 e. The van der Waals surface area contributed by atoms with Crippen molar-refractivity contribution in [2.75, 3.05) is 5.32 Å². The standard InChI is InChI=1S/C17H11Cl2F2N3O/c18-12-3-1-11(13(19)8-12)9-24-16(5-6-22-24)23-17(25)10-2-4-14(20)15(21)7-10/h1-8H,9H2,(H,23,25). The number of halogens is 4. The maximum Gasteiger partial charge on any atom is 0.256 e. The molecule has 1 N–H and O–H groups in total. The van der Waals surface area contributed by atoms with Crippen molar-refractivity contribution in [2.45, 2.75) is 6.54 Å². The summed E-state index contributed by atoms with van der Waals surface area (Å²) < 4.78 is 27.8. The van der Waals surface area contributed by atoms with E-state index in [1.54, 1.807) is 24.3 Å². The molecule has 1 heterocycles. The molecule has 0 fully saturated rings. The van der Waals surface area contributed by atoms with Crippen molar-refractivity contribution >= 4 is 34.9 Å². The van der Waals surface area contributed by atoms with E-state index >= 15 is 0 Å². The molecule has 3 aromatic rings. The summed E-state index contributed by atoms with van der Waals surface area (Å²) in [6, 6.07) is 9.59. The number of anilines is 1. The van der Waals surface area contributed by atoms with Crippen LogP contribution in [0, 0.1) is 11.6 Å². The van der Waals surface area contributed by atoms with Gasteiger partial charge in [-0.3, -0.25) is 4.79 Å². The minimum absolute atomic E-state index is 0.00354. The van der Waals surface area contributed by atoms with E-state index in [0.717, 1.165) is 17.7 Å². The SMILES string of the molecule is O=C(Nc1ccnn1Cc1ccc(Cl)cc1Cl)c1ccc(F)c(F)c1. The lowest BCUT2D eigenvalue weighted by Gasteiger charge is -2.10. The van der Waals surface area contributed by atoms with Crippen molar-refractivity contribution in [3.8, 4) is 0 Å². The van der Waals surface area contributed by atoms with Gasteiger partial charge in [0.25, 0.3) is 5.91 Å². The molecule has 0 radical (unpaired) electrons. The Kier molecular flexibility index (Phi) is 5.01. The number of carbonyl (C=O) groups excluding carboxylic acids is 1. The lowest BCUT2D eigenvalue weighted by atomic mass is 10.2. The van der Waals surface area contributed by atoms with Gasteiger partial charge in [0.1, 0.15) is 5.82 Å². The van der Waals surface area contributed by atoms with Crippen molar-refractivity contribution in [2.24, 2.45) is 0 Å². The van der Waals surface area contributed by atoms with Crippen LogP contribution in [0.2, 0.25) is 10.0 Å². The number of rotatable bonds is 4. The molecule has 3 rings (SSSR count). The van der Waals surface area contributed by atoms with E-state index in [0.29, 0.717) is 22.4 Å². The van der Waals surface area contributed by atoms with Crippen molar-refractivity contribution in [3.63, 3.8) is 0 Å². The summed E-state index contributed by atoms with van der Waals surface area (Å²) in [6.07, 6.45) is 1.50. The zero-order chi connectivity index (χ0) is 18.0. The molecule has 4 nitrogen and oxygen atoms in total. The van der Waals surface area contributed by atoms with Gasteiger partial charge in [-0.05, 0) is 35.9 Å². The molecule has 0 saturated heterocycles. The normalized spacial score (nSPS) is 10.7. The van der Waals surface area contributed by atoms with Gasteiger partial charge >= 0.3 is 0 Å². The number of hydrogen-bond donors (Lipinski definition) is 1. The molecule has 0 aliphatic heterocycles. The molecule has 0 saturated carbocycles. The van der Waals surface area contributed by atoms with Gasteiger partial charge in [-0.25, -0.2) is 13.5 Å². The molecule has 2 aromatic carbocycles. The van der Waals surface area contributed by atoms with Crippen molar-refractivity contribution in [3.05, 3.63) is 81.5 Å². The summed E-state index contributed by atoms with van der Waals surface area (Å²) in [5, 5.41) is 7.73. The summed E-state index contributed by atoms with van der Waals surface area (Å²) in [6.45, 7) is 0.302. The Labute approximate surface area is 152 Å². The van der Waals surface area contributed by atoms with Gasteiger partial charge in [-0.1, -0.05) is 29.3 Å². The highest BCUT2D eigenvalue weighted by Crippen LogP contribution is 2.23. The number of nitrogens with one attached hydrogen (secondary N) is 1. The third kappa shape index (κ3) is 3.97.